The van der Waals surface area contributed by atoms with E-state index in [0.717, 1.165) is 0 Å². The van der Waals surface area contributed by atoms with Crippen molar-refractivity contribution in [1.82, 2.24) is 10.3 Å². The maximum Gasteiger partial charge on any atom is 0.326 e. The summed E-state index contributed by atoms with van der Waals surface area (Å²) in [6, 6.07) is 3.37. The Hall–Kier alpha value is -2.78. The van der Waals surface area contributed by atoms with Gasteiger partial charge in [-0.1, -0.05) is 44.5 Å². The van der Waals surface area contributed by atoms with Crippen molar-refractivity contribution in [2.75, 3.05) is 11.9 Å². The number of rotatable bonds is 11. The first-order valence-electron chi connectivity index (χ1n) is 10.3. The van der Waals surface area contributed by atoms with Crippen LogP contribution < -0.4 is 15.4 Å². The molecule has 2 rings (SSSR count). The molecule has 8 nitrogen and oxygen atoms in total. The van der Waals surface area contributed by atoms with Gasteiger partial charge in [0.15, 0.2) is 11.6 Å². The number of nitrogens with zero attached hydrogens (tertiary/aromatic N) is 1. The molecule has 1 amide bonds. The summed E-state index contributed by atoms with van der Waals surface area (Å²) in [5, 5.41) is 24.1. The zero-order chi connectivity index (χ0) is 24.7. The number of carboxylic acid groups (broad SMARTS) is 1. The van der Waals surface area contributed by atoms with Gasteiger partial charge in [0.1, 0.15) is 27.6 Å². The number of pyridine rings is 1. The summed E-state index contributed by atoms with van der Waals surface area (Å²) in [4.78, 5) is 26.2. The molecule has 0 unspecified atom stereocenters. The predicted octanol–water partition coefficient (Wildman–Crippen LogP) is 5.96. The number of anilines is 1. The van der Waals surface area contributed by atoms with Crippen LogP contribution in [0.2, 0.25) is 10.0 Å². The topological polar surface area (TPSA) is 121 Å². The van der Waals surface area contributed by atoms with E-state index < -0.39 is 23.0 Å². The van der Waals surface area contributed by atoms with E-state index in [9.17, 15) is 24.2 Å². The van der Waals surface area contributed by atoms with Crippen molar-refractivity contribution >= 4 is 40.9 Å². The number of carbonyl (C=O) groups excluding carboxylic acids is 1. The van der Waals surface area contributed by atoms with Crippen LogP contribution in [0.1, 0.15) is 58.9 Å². The third kappa shape index (κ3) is 7.92. The molecular weight excluding hydrogens is 488 g/mol. The van der Waals surface area contributed by atoms with Crippen LogP contribution >= 0.6 is 23.2 Å². The van der Waals surface area contributed by atoms with Crippen LogP contribution in [-0.2, 0) is 9.59 Å². The van der Waals surface area contributed by atoms with E-state index in [0.29, 0.717) is 24.9 Å². The van der Waals surface area contributed by atoms with Gasteiger partial charge in [-0.2, -0.15) is 9.37 Å². The lowest BCUT2D eigenvalue weighted by Crippen LogP contribution is -2.30. The highest BCUT2D eigenvalue weighted by molar-refractivity contribution is 6.38. The summed E-state index contributed by atoms with van der Waals surface area (Å²) >= 11 is 12.4. The van der Waals surface area contributed by atoms with Crippen molar-refractivity contribution in [3.8, 4) is 17.2 Å². The molecule has 0 bridgehead atoms. The lowest BCUT2D eigenvalue weighted by molar-refractivity contribution is -0.138. The predicted molar refractivity (Wildman–Crippen MR) is 131 cm³/mol. The number of aromatic hydroxyl groups is 1. The number of amides is 1. The zero-order valence-electron chi connectivity index (χ0n) is 18.4. The Kier molecular flexibility index (Phi) is 11.4. The van der Waals surface area contributed by atoms with Crippen LogP contribution in [0.25, 0.3) is 0 Å². The molecule has 1 aromatic carbocycles. The smallest absolute Gasteiger partial charge is 0.326 e. The molecule has 0 saturated heterocycles. The quantitative estimate of drug-likeness (QED) is 0.214. The highest BCUT2D eigenvalue weighted by Gasteiger charge is 2.24. The maximum absolute atomic E-state index is 14.4. The largest absolute Gasteiger partial charge is 0.508 e. The normalized spacial score (nSPS) is 11.5. The zero-order valence-corrected chi connectivity index (χ0v) is 19.9. The van der Waals surface area contributed by atoms with Gasteiger partial charge >= 0.3 is 5.97 Å². The monoisotopic (exact) mass is 517 g/mol. The number of aliphatic carboxylic acids is 1. The third-order valence-electron chi connectivity index (χ3n) is 4.74. The number of hydrogen-bond donors (Lipinski definition) is 4. The van der Waals surface area contributed by atoms with Gasteiger partial charge in [-0.25, -0.2) is 4.79 Å². The molecule has 1 heterocycles. The Balaban J connectivity index is 0.00000578. The Morgan fingerprint density at radius 3 is 2.47 bits per heavy atom. The molecule has 1 aromatic heterocycles. The number of phenolic OH excluding ortho intramolecular Hbond substituents is 1. The molecule has 34 heavy (non-hydrogen) atoms. The molecule has 0 aliphatic rings. The third-order valence-corrected chi connectivity index (χ3v) is 5.42. The van der Waals surface area contributed by atoms with E-state index in [1.54, 1.807) is 6.07 Å². The second-order valence-electron chi connectivity index (χ2n) is 7.70. The van der Waals surface area contributed by atoms with Crippen LogP contribution in [-0.4, -0.2) is 39.7 Å². The molecule has 0 aliphatic carbocycles. The minimum absolute atomic E-state index is 0. The summed E-state index contributed by atoms with van der Waals surface area (Å²) in [6.45, 7) is 5.58. The fourth-order valence-corrected chi connectivity index (χ4v) is 3.47. The molecule has 1 atom stereocenters. The number of nitrogens with one attached hydrogen (secondary N) is 2. The number of unbranched alkanes of at least 4 members (excludes halogenated alkanes) is 1. The van der Waals surface area contributed by atoms with Gasteiger partial charge < -0.3 is 25.6 Å². The number of aromatic nitrogens is 1. The van der Waals surface area contributed by atoms with Crippen LogP contribution in [0, 0.1) is 5.95 Å². The first kappa shape index (κ1) is 29.3. The number of benzene rings is 1. The highest BCUT2D eigenvalue weighted by atomic mass is 35.5. The van der Waals surface area contributed by atoms with Crippen LogP contribution in [0.15, 0.2) is 18.2 Å². The van der Waals surface area contributed by atoms with Crippen molar-refractivity contribution < 1.29 is 28.9 Å². The summed E-state index contributed by atoms with van der Waals surface area (Å²) in [7, 11) is 0. The SMILES string of the molecule is C.CC(=O)NCCCC[C@H](Nc1nc(F)c(Cl)c(Oc2ccc(O)c(C(C)C)c2)c1Cl)C(=O)O. The number of phenols is 1. The van der Waals surface area contributed by atoms with E-state index in [2.05, 4.69) is 15.6 Å². The van der Waals surface area contributed by atoms with E-state index >= 15 is 0 Å². The highest BCUT2D eigenvalue weighted by Crippen LogP contribution is 2.42. The summed E-state index contributed by atoms with van der Waals surface area (Å²) in [6.07, 6.45) is 1.23. The fraction of sp³-hybridized carbons (Fsp3) is 0.435. The van der Waals surface area contributed by atoms with Gasteiger partial charge in [-0.15, -0.1) is 0 Å². The molecule has 0 aliphatic heterocycles. The first-order valence-corrected chi connectivity index (χ1v) is 11.1. The van der Waals surface area contributed by atoms with Crippen molar-refractivity contribution in [2.45, 2.75) is 59.4 Å². The molecule has 2 aromatic rings. The molecule has 0 spiro atoms. The Morgan fingerprint density at radius 1 is 1.21 bits per heavy atom. The van der Waals surface area contributed by atoms with Gasteiger partial charge in [-0.05, 0) is 43.4 Å². The molecule has 0 fully saturated rings. The van der Waals surface area contributed by atoms with Gasteiger partial charge in [0.25, 0.3) is 0 Å². The molecular formula is C23H30Cl2FN3O5. The van der Waals surface area contributed by atoms with Gasteiger partial charge in [-0.3, -0.25) is 4.79 Å². The number of carboxylic acids is 1. The van der Waals surface area contributed by atoms with Crippen LogP contribution in [0.4, 0.5) is 10.2 Å². The number of ether oxygens (including phenoxy) is 1. The second kappa shape index (κ2) is 13.2. The Labute approximate surface area is 208 Å². The second-order valence-corrected chi connectivity index (χ2v) is 8.46. The summed E-state index contributed by atoms with van der Waals surface area (Å²) < 4.78 is 20.1. The average Bonchev–Trinajstić information content (AvgIpc) is 2.74. The van der Waals surface area contributed by atoms with Crippen molar-refractivity contribution in [1.29, 1.82) is 0 Å². The maximum atomic E-state index is 14.4. The fourth-order valence-electron chi connectivity index (χ4n) is 3.02. The van der Waals surface area contributed by atoms with Gasteiger partial charge in [0.2, 0.25) is 11.9 Å². The number of halogens is 3. The van der Waals surface area contributed by atoms with Gasteiger partial charge in [0, 0.05) is 19.0 Å². The summed E-state index contributed by atoms with van der Waals surface area (Å²) in [5.41, 5.74) is 0.609. The standard InChI is InChI=1S/C22H26Cl2FN3O5.CH4/c1-11(2)14-10-13(7-8-16(14)30)33-19-17(23)20(25)28-21(18(19)24)27-15(22(31)32)6-4-5-9-26-12(3)29;/h7-8,10-11,15,30H,4-6,9H2,1-3H3,(H,26,29)(H,27,28)(H,31,32);1H4/t15-;/m0./s1. The molecule has 188 valence electrons. The Morgan fingerprint density at radius 2 is 1.88 bits per heavy atom. The van der Waals surface area contributed by atoms with E-state index in [-0.39, 0.29) is 53.8 Å². The average molecular weight is 518 g/mol. The number of carbonyl (C=O) groups is 2. The van der Waals surface area contributed by atoms with Crippen molar-refractivity contribution in [3.63, 3.8) is 0 Å². The van der Waals surface area contributed by atoms with E-state index in [1.165, 1.54) is 19.1 Å². The molecule has 4 N–H and O–H groups in total. The van der Waals surface area contributed by atoms with Crippen LogP contribution in [0.5, 0.6) is 17.2 Å². The first-order chi connectivity index (χ1) is 15.5. The van der Waals surface area contributed by atoms with Crippen molar-refractivity contribution in [3.05, 3.63) is 39.8 Å². The lowest BCUT2D eigenvalue weighted by Gasteiger charge is -2.19. The van der Waals surface area contributed by atoms with Gasteiger partial charge in [0.05, 0.1) is 0 Å². The minimum atomic E-state index is -1.18. The van der Waals surface area contributed by atoms with E-state index in [1.807, 2.05) is 13.8 Å². The van der Waals surface area contributed by atoms with Crippen molar-refractivity contribution in [2.24, 2.45) is 0 Å². The van der Waals surface area contributed by atoms with E-state index in [4.69, 9.17) is 27.9 Å². The molecule has 0 saturated carbocycles. The number of hydrogen-bond acceptors (Lipinski definition) is 6. The molecule has 0 radical (unpaired) electrons. The molecule has 11 heteroatoms. The Bertz CT molecular complexity index is 1020. The van der Waals surface area contributed by atoms with Crippen LogP contribution in [0.3, 0.4) is 0 Å². The summed E-state index contributed by atoms with van der Waals surface area (Å²) in [5.74, 6) is -2.56. The minimum Gasteiger partial charge on any atom is -0.508 e. The lowest BCUT2D eigenvalue weighted by atomic mass is 10.0.